The zero-order valence-corrected chi connectivity index (χ0v) is 11.6. The Morgan fingerprint density at radius 3 is 2.62 bits per heavy atom. The summed E-state index contributed by atoms with van der Waals surface area (Å²) in [5.74, 6) is -0.421. The van der Waals surface area contributed by atoms with Crippen LogP contribution in [0.5, 0.6) is 0 Å². The van der Waals surface area contributed by atoms with Crippen LogP contribution in [0.15, 0.2) is 54.1 Å². The van der Waals surface area contributed by atoms with Crippen LogP contribution < -0.4 is 14.9 Å². The largest absolute Gasteiger partial charge is 0.411 e. The van der Waals surface area contributed by atoms with E-state index < -0.39 is 5.91 Å². The molecule has 0 bridgehead atoms. The predicted molar refractivity (Wildman–Crippen MR) is 75.8 cm³/mol. The van der Waals surface area contributed by atoms with Crippen LogP contribution in [0.4, 0.5) is 0 Å². The van der Waals surface area contributed by atoms with Crippen molar-refractivity contribution < 1.29 is 19.1 Å². The van der Waals surface area contributed by atoms with Gasteiger partial charge in [0.15, 0.2) is 31.7 Å². The predicted octanol–water partition coefficient (Wildman–Crippen LogP) is 0.259. The van der Waals surface area contributed by atoms with Gasteiger partial charge in [0.2, 0.25) is 11.6 Å². The number of nitrogens with zero attached hydrogens (tertiary/aromatic N) is 3. The van der Waals surface area contributed by atoms with Gasteiger partial charge in [-0.3, -0.25) is 4.79 Å². The van der Waals surface area contributed by atoms with Crippen LogP contribution in [0.25, 0.3) is 0 Å². The quantitative estimate of drug-likeness (QED) is 0.345. The van der Waals surface area contributed by atoms with Crippen molar-refractivity contribution in [1.29, 1.82) is 0 Å². The highest BCUT2D eigenvalue weighted by Gasteiger charge is 2.09. The Balaban J connectivity index is 1.94. The Kier molecular flexibility index (Phi) is 4.98. The lowest BCUT2D eigenvalue weighted by Gasteiger charge is -1.99. The van der Waals surface area contributed by atoms with Crippen LogP contribution >= 0.6 is 0 Å². The first kappa shape index (κ1) is 14.6. The lowest BCUT2D eigenvalue weighted by molar-refractivity contribution is -0.727. The summed E-state index contributed by atoms with van der Waals surface area (Å²) < 4.78 is 4.01. The molecule has 0 aliphatic rings. The molecule has 0 saturated heterocycles. The minimum Gasteiger partial charge on any atom is -0.411 e. The van der Waals surface area contributed by atoms with E-state index in [1.54, 1.807) is 12.1 Å². The number of hydrogen-bond donors (Lipinski definition) is 2. The monoisotopic (exact) mass is 286 g/mol. The van der Waals surface area contributed by atoms with E-state index in [2.05, 4.69) is 5.16 Å². The lowest BCUT2D eigenvalue weighted by Crippen LogP contribution is -2.41. The van der Waals surface area contributed by atoms with Gasteiger partial charge in [0.1, 0.15) is 6.21 Å². The van der Waals surface area contributed by atoms with Gasteiger partial charge >= 0.3 is 0 Å². The van der Waals surface area contributed by atoms with Crippen LogP contribution in [0, 0.1) is 0 Å². The number of primary amides is 1. The second-order valence-electron chi connectivity index (χ2n) is 4.61. The zero-order chi connectivity index (χ0) is 15.1. The minimum atomic E-state index is -0.421. The van der Waals surface area contributed by atoms with Crippen molar-refractivity contribution in [3.63, 3.8) is 0 Å². The molecule has 3 N–H and O–H groups in total. The molecule has 6 nitrogen and oxygen atoms in total. The van der Waals surface area contributed by atoms with Gasteiger partial charge in [0.25, 0.3) is 0 Å². The number of aromatic nitrogens is 2. The summed E-state index contributed by atoms with van der Waals surface area (Å²) >= 11 is 0. The van der Waals surface area contributed by atoms with Crippen molar-refractivity contribution in [2.45, 2.75) is 19.5 Å². The smallest absolute Gasteiger partial charge is 0.249 e. The van der Waals surface area contributed by atoms with Crippen molar-refractivity contribution in [2.24, 2.45) is 10.9 Å². The first-order chi connectivity index (χ1) is 10.2. The van der Waals surface area contributed by atoms with Gasteiger partial charge in [-0.1, -0.05) is 5.16 Å². The third kappa shape index (κ3) is 4.10. The van der Waals surface area contributed by atoms with E-state index in [-0.39, 0.29) is 0 Å². The number of nitrogens with two attached hydrogens (primary N) is 1. The summed E-state index contributed by atoms with van der Waals surface area (Å²) in [7, 11) is 0. The SMILES string of the molecule is NC(=O)c1cc[n+](CCC[n+]2ccccc2/C=N/O)cc1. The van der Waals surface area contributed by atoms with Gasteiger partial charge in [0.05, 0.1) is 12.0 Å². The molecule has 0 fully saturated rings. The summed E-state index contributed by atoms with van der Waals surface area (Å²) in [6.07, 6.45) is 7.94. The number of rotatable bonds is 6. The molecule has 0 saturated carbocycles. The van der Waals surface area contributed by atoms with E-state index in [1.807, 2.05) is 45.9 Å². The third-order valence-corrected chi connectivity index (χ3v) is 3.16. The zero-order valence-electron chi connectivity index (χ0n) is 11.6. The average molecular weight is 286 g/mol. The standard InChI is InChI=1S/C15H16N4O2/c16-15(20)13-5-10-18(11-6-13)7-3-9-19-8-2-1-4-14(19)12-17-21/h1-2,4-6,8,10-12H,3,7,9H2,(H-,16,20)/p+2. The highest BCUT2D eigenvalue weighted by atomic mass is 16.4. The van der Waals surface area contributed by atoms with Gasteiger partial charge in [-0.05, 0) is 6.07 Å². The van der Waals surface area contributed by atoms with Crippen LogP contribution in [0.1, 0.15) is 22.5 Å². The average Bonchev–Trinajstić information content (AvgIpc) is 2.50. The molecule has 2 heterocycles. The molecule has 0 aromatic carbocycles. The second kappa shape index (κ2) is 7.14. The summed E-state index contributed by atoms with van der Waals surface area (Å²) in [4.78, 5) is 11.0. The highest BCUT2D eigenvalue weighted by Crippen LogP contribution is 1.94. The maximum atomic E-state index is 11.0. The molecular formula is C15H18N4O2+2. The number of carbonyl (C=O) groups excluding carboxylic acids is 1. The second-order valence-corrected chi connectivity index (χ2v) is 4.61. The third-order valence-electron chi connectivity index (χ3n) is 3.16. The van der Waals surface area contributed by atoms with E-state index in [0.29, 0.717) is 5.56 Å². The number of amides is 1. The molecule has 0 aliphatic heterocycles. The number of aryl methyl sites for hydroxylation is 2. The first-order valence-corrected chi connectivity index (χ1v) is 6.65. The highest BCUT2D eigenvalue weighted by molar-refractivity contribution is 5.92. The topological polar surface area (TPSA) is 83.4 Å². The first-order valence-electron chi connectivity index (χ1n) is 6.65. The molecule has 108 valence electrons. The van der Waals surface area contributed by atoms with Crippen molar-refractivity contribution in [1.82, 2.24) is 0 Å². The maximum Gasteiger partial charge on any atom is 0.249 e. The Labute approximate surface area is 122 Å². The maximum absolute atomic E-state index is 11.0. The van der Waals surface area contributed by atoms with Crippen molar-refractivity contribution in [3.05, 3.63) is 60.2 Å². The summed E-state index contributed by atoms with van der Waals surface area (Å²) in [5.41, 5.74) is 6.55. The number of pyridine rings is 2. The molecule has 0 unspecified atom stereocenters. The molecule has 0 radical (unpaired) electrons. The molecule has 21 heavy (non-hydrogen) atoms. The van der Waals surface area contributed by atoms with E-state index in [4.69, 9.17) is 10.9 Å². The Hall–Kier alpha value is -2.76. The summed E-state index contributed by atoms with van der Waals surface area (Å²) in [6, 6.07) is 9.13. The Bertz CT molecular complexity index is 638. The fourth-order valence-electron chi connectivity index (χ4n) is 2.06. The van der Waals surface area contributed by atoms with Gasteiger partial charge < -0.3 is 10.9 Å². The number of carbonyl (C=O) groups is 1. The summed E-state index contributed by atoms with van der Waals surface area (Å²) in [5, 5.41) is 11.7. The van der Waals surface area contributed by atoms with Gasteiger partial charge in [-0.2, -0.15) is 4.57 Å². The van der Waals surface area contributed by atoms with Gasteiger partial charge in [0, 0.05) is 24.3 Å². The Morgan fingerprint density at radius 2 is 1.95 bits per heavy atom. The van der Waals surface area contributed by atoms with Crippen molar-refractivity contribution in [2.75, 3.05) is 0 Å². The van der Waals surface area contributed by atoms with E-state index in [1.165, 1.54) is 6.21 Å². The molecule has 1 amide bonds. The van der Waals surface area contributed by atoms with Crippen molar-refractivity contribution >= 4 is 12.1 Å². The molecule has 2 aromatic rings. The molecule has 0 spiro atoms. The molecule has 0 aliphatic carbocycles. The van der Waals surface area contributed by atoms with Crippen molar-refractivity contribution in [3.8, 4) is 0 Å². The Morgan fingerprint density at radius 1 is 1.19 bits per heavy atom. The fraction of sp³-hybridized carbons (Fsp3) is 0.200. The molecule has 2 aromatic heterocycles. The normalized spacial score (nSPS) is 10.9. The fourth-order valence-corrected chi connectivity index (χ4v) is 2.06. The minimum absolute atomic E-state index is 0.421. The molecule has 2 rings (SSSR count). The van der Waals surface area contributed by atoms with E-state index >= 15 is 0 Å². The molecular weight excluding hydrogens is 268 g/mol. The van der Waals surface area contributed by atoms with Crippen LogP contribution in [0.3, 0.4) is 0 Å². The van der Waals surface area contributed by atoms with Crippen LogP contribution in [0.2, 0.25) is 0 Å². The van der Waals surface area contributed by atoms with Gasteiger partial charge in [-0.25, -0.2) is 4.57 Å². The molecule has 6 heteroatoms. The number of hydrogen-bond acceptors (Lipinski definition) is 3. The van der Waals surface area contributed by atoms with E-state index in [9.17, 15) is 4.79 Å². The van der Waals surface area contributed by atoms with Crippen LogP contribution in [-0.4, -0.2) is 17.3 Å². The van der Waals surface area contributed by atoms with E-state index in [0.717, 1.165) is 25.2 Å². The van der Waals surface area contributed by atoms with Gasteiger partial charge in [-0.15, -0.1) is 0 Å². The molecule has 0 atom stereocenters. The van der Waals surface area contributed by atoms with Crippen LogP contribution in [-0.2, 0) is 13.1 Å². The lowest BCUT2D eigenvalue weighted by atomic mass is 10.2. The summed E-state index contributed by atoms with van der Waals surface area (Å²) in [6.45, 7) is 1.61. The number of oxime groups is 1.